The lowest BCUT2D eigenvalue weighted by Crippen LogP contribution is -2.45. The van der Waals surface area contributed by atoms with Gasteiger partial charge in [0.15, 0.2) is 0 Å². The third-order valence-corrected chi connectivity index (χ3v) is 5.47. The zero-order valence-corrected chi connectivity index (χ0v) is 13.6. The molecule has 2 heteroatoms. The number of rotatable bonds is 3. The van der Waals surface area contributed by atoms with E-state index in [1.807, 2.05) is 0 Å². The van der Waals surface area contributed by atoms with E-state index in [4.69, 9.17) is 0 Å². The molecule has 0 atom stereocenters. The summed E-state index contributed by atoms with van der Waals surface area (Å²) in [5.74, 6) is 0.740. The lowest BCUT2D eigenvalue weighted by atomic mass is 9.75. The molecule has 2 aromatic rings. The van der Waals surface area contributed by atoms with Crippen molar-refractivity contribution in [3.63, 3.8) is 0 Å². The molecule has 0 aliphatic heterocycles. The third kappa shape index (κ3) is 2.79. The molecule has 0 aromatic heterocycles. The first-order chi connectivity index (χ1) is 10.3. The Kier molecular flexibility index (Phi) is 3.60. The molecule has 1 nitrogen and oxygen atoms in total. The Morgan fingerprint density at radius 3 is 2.24 bits per heavy atom. The van der Waals surface area contributed by atoms with Gasteiger partial charge in [0.1, 0.15) is 0 Å². The molecular weight excluding hydrogens is 322 g/mol. The van der Waals surface area contributed by atoms with Gasteiger partial charge < -0.3 is 5.32 Å². The van der Waals surface area contributed by atoms with Crippen LogP contribution in [0.5, 0.6) is 0 Å². The van der Waals surface area contributed by atoms with Crippen molar-refractivity contribution in [3.8, 4) is 0 Å². The Hall–Kier alpha value is -1.12. The van der Waals surface area contributed by atoms with Gasteiger partial charge in [-0.15, -0.1) is 0 Å². The molecule has 0 amide bonds. The van der Waals surface area contributed by atoms with E-state index in [0.29, 0.717) is 12.1 Å². The monoisotopic (exact) mass is 341 g/mol. The summed E-state index contributed by atoms with van der Waals surface area (Å²) in [7, 11) is 0. The molecule has 4 rings (SSSR count). The number of hydrogen-bond donors (Lipinski definition) is 1. The third-order valence-electron chi connectivity index (χ3n) is 4.98. The van der Waals surface area contributed by atoms with Crippen LogP contribution in [0.3, 0.4) is 0 Å². The van der Waals surface area contributed by atoms with Crippen LogP contribution in [0, 0.1) is 0 Å². The fourth-order valence-electron chi connectivity index (χ4n) is 3.80. The van der Waals surface area contributed by atoms with Crippen molar-refractivity contribution >= 4 is 15.9 Å². The molecule has 2 aliphatic carbocycles. The Labute approximate surface area is 134 Å². The summed E-state index contributed by atoms with van der Waals surface area (Å²) in [6.07, 6.45) is 4.97. The summed E-state index contributed by atoms with van der Waals surface area (Å²) >= 11 is 3.57. The lowest BCUT2D eigenvalue weighted by molar-refractivity contribution is 0.266. The maximum Gasteiger partial charge on any atom is 0.0178 e. The van der Waals surface area contributed by atoms with E-state index in [1.165, 1.54) is 46.8 Å². The second-order valence-corrected chi connectivity index (χ2v) is 7.38. The lowest BCUT2D eigenvalue weighted by Gasteiger charge is -2.38. The van der Waals surface area contributed by atoms with E-state index in [1.54, 1.807) is 0 Å². The van der Waals surface area contributed by atoms with Gasteiger partial charge in [0, 0.05) is 16.6 Å². The Morgan fingerprint density at radius 1 is 0.857 bits per heavy atom. The Morgan fingerprint density at radius 2 is 1.57 bits per heavy atom. The minimum absolute atomic E-state index is 0.649. The van der Waals surface area contributed by atoms with E-state index in [-0.39, 0.29) is 0 Å². The topological polar surface area (TPSA) is 12.0 Å². The van der Waals surface area contributed by atoms with Crippen molar-refractivity contribution in [2.24, 2.45) is 0 Å². The first-order valence-electron chi connectivity index (χ1n) is 7.86. The molecule has 1 fully saturated rings. The molecular formula is C19H20BrN. The fourth-order valence-corrected chi connectivity index (χ4v) is 4.21. The molecule has 2 aliphatic rings. The molecule has 0 heterocycles. The minimum atomic E-state index is 0.649. The van der Waals surface area contributed by atoms with Gasteiger partial charge in [-0.25, -0.2) is 0 Å². The zero-order valence-electron chi connectivity index (χ0n) is 12.1. The number of hydrogen-bond acceptors (Lipinski definition) is 1. The van der Waals surface area contributed by atoms with Crippen LogP contribution < -0.4 is 5.32 Å². The van der Waals surface area contributed by atoms with Gasteiger partial charge in [-0.1, -0.05) is 52.3 Å². The van der Waals surface area contributed by atoms with Crippen molar-refractivity contribution in [1.29, 1.82) is 0 Å². The average molecular weight is 342 g/mol. The average Bonchev–Trinajstić information content (AvgIpc) is 2.84. The standard InChI is InChI=1S/C19H20BrN/c20-17-7-3-6-13(8-17)16-11-19(12-16)21-18-9-14-4-1-2-5-15(14)10-18/h1-8,16,18-19,21H,9-12H2. The van der Waals surface area contributed by atoms with Crippen molar-refractivity contribution in [1.82, 2.24) is 5.32 Å². The van der Waals surface area contributed by atoms with Crippen molar-refractivity contribution in [2.75, 3.05) is 0 Å². The van der Waals surface area contributed by atoms with Crippen LogP contribution in [0.1, 0.15) is 35.4 Å². The van der Waals surface area contributed by atoms with Crippen LogP contribution in [-0.2, 0) is 12.8 Å². The maximum atomic E-state index is 3.86. The van der Waals surface area contributed by atoms with Gasteiger partial charge in [-0.05, 0) is 60.4 Å². The largest absolute Gasteiger partial charge is 0.311 e. The summed E-state index contributed by atoms with van der Waals surface area (Å²) in [6, 6.07) is 19.0. The second-order valence-electron chi connectivity index (χ2n) is 6.46. The summed E-state index contributed by atoms with van der Waals surface area (Å²) in [5.41, 5.74) is 4.56. The van der Waals surface area contributed by atoms with E-state index in [0.717, 1.165) is 5.92 Å². The quantitative estimate of drug-likeness (QED) is 0.869. The highest BCUT2D eigenvalue weighted by atomic mass is 79.9. The van der Waals surface area contributed by atoms with Gasteiger partial charge in [-0.2, -0.15) is 0 Å². The van der Waals surface area contributed by atoms with Gasteiger partial charge >= 0.3 is 0 Å². The Bertz CT molecular complexity index is 621. The normalized spacial score (nSPS) is 24.6. The predicted octanol–water partition coefficient (Wildman–Crippen LogP) is 4.45. The molecule has 1 saturated carbocycles. The van der Waals surface area contributed by atoms with Gasteiger partial charge in [0.2, 0.25) is 0 Å². The first-order valence-corrected chi connectivity index (χ1v) is 8.65. The van der Waals surface area contributed by atoms with Gasteiger partial charge in [-0.3, -0.25) is 0 Å². The summed E-state index contributed by atoms with van der Waals surface area (Å²) in [5, 5.41) is 3.86. The van der Waals surface area contributed by atoms with Gasteiger partial charge in [0.05, 0.1) is 0 Å². The molecule has 1 N–H and O–H groups in total. The summed E-state index contributed by atoms with van der Waals surface area (Å²) in [4.78, 5) is 0. The van der Waals surface area contributed by atoms with Crippen molar-refractivity contribution < 1.29 is 0 Å². The highest BCUT2D eigenvalue weighted by Gasteiger charge is 2.33. The van der Waals surface area contributed by atoms with E-state index < -0.39 is 0 Å². The van der Waals surface area contributed by atoms with E-state index >= 15 is 0 Å². The number of benzene rings is 2. The van der Waals surface area contributed by atoms with E-state index in [9.17, 15) is 0 Å². The highest BCUT2D eigenvalue weighted by molar-refractivity contribution is 9.10. The summed E-state index contributed by atoms with van der Waals surface area (Å²) < 4.78 is 1.20. The van der Waals surface area contributed by atoms with Crippen LogP contribution in [0.2, 0.25) is 0 Å². The SMILES string of the molecule is Brc1cccc(C2CC(NC3Cc4ccccc4C3)C2)c1. The Balaban J connectivity index is 1.32. The number of halogens is 1. The van der Waals surface area contributed by atoms with Crippen LogP contribution >= 0.6 is 15.9 Å². The molecule has 21 heavy (non-hydrogen) atoms. The molecule has 108 valence electrons. The van der Waals surface area contributed by atoms with E-state index in [2.05, 4.69) is 69.8 Å². The van der Waals surface area contributed by atoms with Crippen LogP contribution in [0.15, 0.2) is 53.0 Å². The fraction of sp³-hybridized carbons (Fsp3) is 0.368. The van der Waals surface area contributed by atoms with Crippen molar-refractivity contribution in [2.45, 2.75) is 43.7 Å². The molecule has 0 spiro atoms. The molecule has 0 bridgehead atoms. The second kappa shape index (κ2) is 5.58. The molecule has 0 saturated heterocycles. The molecule has 0 unspecified atom stereocenters. The first kappa shape index (κ1) is 13.5. The van der Waals surface area contributed by atoms with Crippen molar-refractivity contribution in [3.05, 3.63) is 69.7 Å². The predicted molar refractivity (Wildman–Crippen MR) is 90.7 cm³/mol. The number of nitrogens with one attached hydrogen (secondary N) is 1. The maximum absolute atomic E-state index is 3.86. The van der Waals surface area contributed by atoms with Gasteiger partial charge in [0.25, 0.3) is 0 Å². The zero-order chi connectivity index (χ0) is 14.2. The smallest absolute Gasteiger partial charge is 0.0178 e. The van der Waals surface area contributed by atoms with Crippen LogP contribution in [-0.4, -0.2) is 12.1 Å². The molecule has 2 aromatic carbocycles. The number of fused-ring (bicyclic) bond motifs is 1. The van der Waals surface area contributed by atoms with Crippen LogP contribution in [0.4, 0.5) is 0 Å². The highest BCUT2D eigenvalue weighted by Crippen LogP contribution is 2.38. The summed E-state index contributed by atoms with van der Waals surface area (Å²) in [6.45, 7) is 0. The molecule has 0 radical (unpaired) electrons. The minimum Gasteiger partial charge on any atom is -0.311 e. The van der Waals surface area contributed by atoms with Crippen LogP contribution in [0.25, 0.3) is 0 Å².